The lowest BCUT2D eigenvalue weighted by atomic mass is 9.98. The molecule has 1 N–H and O–H groups in total. The van der Waals surface area contributed by atoms with Gasteiger partial charge in [0.2, 0.25) is 0 Å². The largest absolute Gasteiger partial charge is 0.331 e. The van der Waals surface area contributed by atoms with Crippen molar-refractivity contribution in [1.29, 1.82) is 0 Å². The van der Waals surface area contributed by atoms with Crippen molar-refractivity contribution in [2.75, 3.05) is 16.8 Å². The number of hydrogen-bond acceptors (Lipinski definition) is 2. The molecule has 120 valence electrons. The van der Waals surface area contributed by atoms with E-state index in [1.807, 2.05) is 47.4 Å². The van der Waals surface area contributed by atoms with Crippen LogP contribution in [0.1, 0.15) is 40.4 Å². The molecule has 3 aliphatic heterocycles. The summed E-state index contributed by atoms with van der Waals surface area (Å²) in [5.74, 6) is 0.104. The molecule has 2 aromatic rings. The molecule has 2 aromatic carbocycles. The van der Waals surface area contributed by atoms with Gasteiger partial charge in [-0.2, -0.15) is 0 Å². The van der Waals surface area contributed by atoms with E-state index in [-0.39, 0.29) is 18.0 Å². The van der Waals surface area contributed by atoms with Gasteiger partial charge < -0.3 is 10.2 Å². The minimum Gasteiger partial charge on any atom is -0.331 e. The van der Waals surface area contributed by atoms with Gasteiger partial charge in [-0.15, -0.1) is 0 Å². The number of rotatable bonds is 1. The predicted molar refractivity (Wildman–Crippen MR) is 91.1 cm³/mol. The molecule has 0 radical (unpaired) electrons. The summed E-state index contributed by atoms with van der Waals surface area (Å²) in [7, 11) is 0. The minimum atomic E-state index is -0.133. The molecule has 1 atom stereocenters. The zero-order valence-electron chi connectivity index (χ0n) is 13.2. The molecule has 1 fully saturated rings. The molecule has 3 heterocycles. The van der Waals surface area contributed by atoms with Crippen molar-refractivity contribution in [3.63, 3.8) is 0 Å². The first-order valence-corrected chi connectivity index (χ1v) is 8.34. The maximum absolute atomic E-state index is 12.6. The second kappa shape index (κ2) is 4.84. The summed E-state index contributed by atoms with van der Waals surface area (Å²) in [5, 5.41) is 2.96. The van der Waals surface area contributed by atoms with Gasteiger partial charge in [-0.05, 0) is 36.6 Å². The first-order chi connectivity index (χ1) is 11.7. The van der Waals surface area contributed by atoms with Crippen molar-refractivity contribution in [2.45, 2.75) is 25.4 Å². The van der Waals surface area contributed by atoms with Crippen molar-refractivity contribution in [2.24, 2.45) is 0 Å². The lowest BCUT2D eigenvalue weighted by molar-refractivity contribution is 0.0776. The van der Waals surface area contributed by atoms with Crippen LogP contribution in [0, 0.1) is 0 Å². The molecular formula is C19H17N3O2. The lowest BCUT2D eigenvalue weighted by Gasteiger charge is -2.31. The Morgan fingerprint density at radius 1 is 1.04 bits per heavy atom. The highest BCUT2D eigenvalue weighted by Crippen LogP contribution is 2.46. The number of urea groups is 1. The molecular weight excluding hydrogens is 302 g/mol. The van der Waals surface area contributed by atoms with Crippen LogP contribution in [0.15, 0.2) is 42.5 Å². The van der Waals surface area contributed by atoms with E-state index in [1.54, 1.807) is 4.90 Å². The second-order valence-corrected chi connectivity index (χ2v) is 6.57. The highest BCUT2D eigenvalue weighted by molar-refractivity contribution is 6.07. The maximum Gasteiger partial charge on any atom is 0.326 e. The monoisotopic (exact) mass is 319 g/mol. The highest BCUT2D eigenvalue weighted by Gasteiger charge is 2.42. The average molecular weight is 319 g/mol. The Bertz CT molecular complexity index is 877. The van der Waals surface area contributed by atoms with Crippen LogP contribution in [-0.4, -0.2) is 23.4 Å². The number of benzene rings is 2. The predicted octanol–water partition coefficient (Wildman–Crippen LogP) is 3.53. The molecule has 5 nitrogen and oxygen atoms in total. The van der Waals surface area contributed by atoms with E-state index in [9.17, 15) is 9.59 Å². The van der Waals surface area contributed by atoms with E-state index in [1.165, 1.54) is 0 Å². The Hall–Kier alpha value is -2.82. The number of carbonyl (C=O) groups is 2. The Kier molecular flexibility index (Phi) is 2.74. The van der Waals surface area contributed by atoms with Crippen LogP contribution in [-0.2, 0) is 6.54 Å². The number of anilines is 2. The molecule has 0 bridgehead atoms. The summed E-state index contributed by atoms with van der Waals surface area (Å²) in [6.45, 7) is 1.34. The van der Waals surface area contributed by atoms with Crippen molar-refractivity contribution in [3.8, 4) is 0 Å². The molecule has 5 heteroatoms. The van der Waals surface area contributed by atoms with Crippen molar-refractivity contribution < 1.29 is 9.59 Å². The lowest BCUT2D eigenvalue weighted by Crippen LogP contribution is -2.39. The van der Waals surface area contributed by atoms with E-state index in [0.29, 0.717) is 6.54 Å². The molecule has 0 saturated carbocycles. The van der Waals surface area contributed by atoms with Gasteiger partial charge in [0.15, 0.2) is 0 Å². The third kappa shape index (κ3) is 1.75. The van der Waals surface area contributed by atoms with Crippen LogP contribution < -0.4 is 10.2 Å². The van der Waals surface area contributed by atoms with Crippen LogP contribution in [0.3, 0.4) is 0 Å². The van der Waals surface area contributed by atoms with Gasteiger partial charge in [0.05, 0.1) is 18.3 Å². The molecule has 3 amide bonds. The van der Waals surface area contributed by atoms with Crippen LogP contribution in [0.25, 0.3) is 0 Å². The van der Waals surface area contributed by atoms with Gasteiger partial charge in [0.1, 0.15) is 0 Å². The number of fused-ring (bicyclic) bond motifs is 4. The summed E-state index contributed by atoms with van der Waals surface area (Å²) in [6, 6.07) is 13.6. The number of carbonyl (C=O) groups excluding carboxylic acids is 2. The number of nitrogens with zero attached hydrogens (tertiary/aromatic N) is 2. The first kappa shape index (κ1) is 13.6. The molecule has 0 spiro atoms. The van der Waals surface area contributed by atoms with E-state index < -0.39 is 0 Å². The zero-order chi connectivity index (χ0) is 16.3. The SMILES string of the molecule is O=C1Nc2ccccc2CN1c1cccc2c1C1CCCN1C2=O. The van der Waals surface area contributed by atoms with Gasteiger partial charge in [0, 0.05) is 23.4 Å². The Morgan fingerprint density at radius 2 is 1.92 bits per heavy atom. The summed E-state index contributed by atoms with van der Waals surface area (Å²) >= 11 is 0. The molecule has 0 aliphatic carbocycles. The smallest absolute Gasteiger partial charge is 0.326 e. The fourth-order valence-electron chi connectivity index (χ4n) is 4.19. The third-order valence-corrected chi connectivity index (χ3v) is 5.28. The summed E-state index contributed by atoms with van der Waals surface area (Å²) in [5.41, 5.74) is 4.59. The Morgan fingerprint density at radius 3 is 2.83 bits per heavy atom. The first-order valence-electron chi connectivity index (χ1n) is 8.34. The molecule has 3 aliphatic rings. The molecule has 1 saturated heterocycles. The second-order valence-electron chi connectivity index (χ2n) is 6.57. The van der Waals surface area contributed by atoms with Crippen molar-refractivity contribution in [1.82, 2.24) is 4.90 Å². The van der Waals surface area contributed by atoms with Crippen molar-refractivity contribution in [3.05, 3.63) is 59.2 Å². The quantitative estimate of drug-likeness (QED) is 0.874. The molecule has 1 unspecified atom stereocenters. The van der Waals surface area contributed by atoms with Crippen LogP contribution >= 0.6 is 0 Å². The number of para-hydroxylation sites is 1. The van der Waals surface area contributed by atoms with Gasteiger partial charge in [-0.3, -0.25) is 9.69 Å². The standard InChI is InChI=1S/C19H17N3O2/c23-18-13-6-3-8-16(17(13)15-9-4-10-21(15)18)22-11-12-5-1-2-7-14(12)20-19(22)24/h1-3,5-8,15H,4,9-11H2,(H,20,24). The zero-order valence-corrected chi connectivity index (χ0v) is 13.2. The summed E-state index contributed by atoms with van der Waals surface area (Å²) in [4.78, 5) is 29.0. The summed E-state index contributed by atoms with van der Waals surface area (Å²) < 4.78 is 0. The topological polar surface area (TPSA) is 52.7 Å². The maximum atomic E-state index is 12.6. The van der Waals surface area contributed by atoms with Crippen molar-refractivity contribution >= 4 is 23.3 Å². The number of amides is 3. The van der Waals surface area contributed by atoms with E-state index in [4.69, 9.17) is 0 Å². The van der Waals surface area contributed by atoms with Gasteiger partial charge in [-0.25, -0.2) is 4.79 Å². The van der Waals surface area contributed by atoms with Gasteiger partial charge in [-0.1, -0.05) is 24.3 Å². The highest BCUT2D eigenvalue weighted by atomic mass is 16.2. The fraction of sp³-hybridized carbons (Fsp3) is 0.263. The van der Waals surface area contributed by atoms with Gasteiger partial charge in [0.25, 0.3) is 5.91 Å². The average Bonchev–Trinajstić information content (AvgIpc) is 3.18. The van der Waals surface area contributed by atoms with Crippen LogP contribution in [0.5, 0.6) is 0 Å². The number of hydrogen-bond donors (Lipinski definition) is 1. The van der Waals surface area contributed by atoms with Gasteiger partial charge >= 0.3 is 6.03 Å². The Labute approximate surface area is 139 Å². The molecule has 5 rings (SSSR count). The van der Waals surface area contributed by atoms with E-state index in [2.05, 4.69) is 5.32 Å². The van der Waals surface area contributed by atoms with Crippen LogP contribution in [0.2, 0.25) is 0 Å². The Balaban J connectivity index is 1.62. The minimum absolute atomic E-state index is 0.104. The van der Waals surface area contributed by atoms with E-state index >= 15 is 0 Å². The number of nitrogens with one attached hydrogen (secondary N) is 1. The van der Waals surface area contributed by atoms with E-state index in [0.717, 1.165) is 47.5 Å². The fourth-order valence-corrected chi connectivity index (χ4v) is 4.19. The molecule has 24 heavy (non-hydrogen) atoms. The van der Waals surface area contributed by atoms with Crippen LogP contribution in [0.4, 0.5) is 16.2 Å². The molecule has 0 aromatic heterocycles. The normalized spacial score (nSPS) is 21.4. The summed E-state index contributed by atoms with van der Waals surface area (Å²) in [6.07, 6.45) is 2.00. The third-order valence-electron chi connectivity index (χ3n) is 5.28.